The van der Waals surface area contributed by atoms with Crippen LogP contribution in [0, 0.1) is 18.8 Å². The number of aryl methyl sites for hydroxylation is 1. The van der Waals surface area contributed by atoms with Crippen LogP contribution in [0.15, 0.2) is 22.7 Å². The van der Waals surface area contributed by atoms with Crippen molar-refractivity contribution in [3.05, 3.63) is 28.2 Å². The number of rotatable bonds is 6. The fourth-order valence-corrected chi connectivity index (χ4v) is 2.35. The number of hydrogen-bond donors (Lipinski definition) is 2. The molecule has 17 heavy (non-hydrogen) atoms. The molecular weight excluding hydrogens is 276 g/mol. The molecule has 0 fully saturated rings. The first-order chi connectivity index (χ1) is 8.04. The maximum atomic E-state index is 3.55. The minimum Gasteiger partial charge on any atom is -0.384 e. The van der Waals surface area contributed by atoms with Crippen LogP contribution in [0.25, 0.3) is 0 Å². The van der Waals surface area contributed by atoms with E-state index in [0.29, 0.717) is 11.8 Å². The maximum Gasteiger partial charge on any atom is 0.0370 e. The fraction of sp³-hybridized carbons (Fsp3) is 0.571. The van der Waals surface area contributed by atoms with Crippen LogP contribution < -0.4 is 10.6 Å². The Kier molecular flexibility index (Phi) is 6.00. The third-order valence-electron chi connectivity index (χ3n) is 3.15. The van der Waals surface area contributed by atoms with Gasteiger partial charge in [-0.05, 0) is 56.1 Å². The fourth-order valence-electron chi connectivity index (χ4n) is 1.87. The van der Waals surface area contributed by atoms with Gasteiger partial charge in [-0.2, -0.15) is 0 Å². The van der Waals surface area contributed by atoms with Crippen LogP contribution >= 0.6 is 15.9 Å². The molecular formula is C14H23BrN2. The first kappa shape index (κ1) is 14.5. The molecule has 96 valence electrons. The van der Waals surface area contributed by atoms with Gasteiger partial charge in [0.2, 0.25) is 0 Å². The Hall–Kier alpha value is -0.540. The summed E-state index contributed by atoms with van der Waals surface area (Å²) >= 11 is 3.49. The minimum absolute atomic E-state index is 0.656. The summed E-state index contributed by atoms with van der Waals surface area (Å²) in [5, 5.41) is 6.81. The molecule has 2 N–H and O–H groups in total. The van der Waals surface area contributed by atoms with Crippen molar-refractivity contribution in [2.45, 2.75) is 20.8 Å². The molecule has 0 amide bonds. The van der Waals surface area contributed by atoms with Crippen LogP contribution in [0.4, 0.5) is 5.69 Å². The highest BCUT2D eigenvalue weighted by atomic mass is 79.9. The first-order valence-electron chi connectivity index (χ1n) is 6.19. The third-order valence-corrected chi connectivity index (χ3v) is 3.65. The zero-order valence-corrected chi connectivity index (χ0v) is 12.8. The van der Waals surface area contributed by atoms with Gasteiger partial charge in [-0.3, -0.25) is 0 Å². The van der Waals surface area contributed by atoms with Crippen molar-refractivity contribution in [1.82, 2.24) is 5.32 Å². The molecule has 0 heterocycles. The number of anilines is 1. The summed E-state index contributed by atoms with van der Waals surface area (Å²) in [7, 11) is 2.01. The molecule has 0 spiro atoms. The zero-order valence-electron chi connectivity index (χ0n) is 11.2. The van der Waals surface area contributed by atoms with Crippen molar-refractivity contribution in [3.8, 4) is 0 Å². The monoisotopic (exact) mass is 298 g/mol. The molecule has 1 aromatic carbocycles. The highest BCUT2D eigenvalue weighted by molar-refractivity contribution is 9.10. The first-order valence-corrected chi connectivity index (χ1v) is 6.98. The molecule has 0 aliphatic rings. The Morgan fingerprint density at radius 3 is 2.47 bits per heavy atom. The molecule has 0 saturated heterocycles. The molecule has 1 unspecified atom stereocenters. The molecule has 0 bridgehead atoms. The van der Waals surface area contributed by atoms with Gasteiger partial charge in [0.1, 0.15) is 0 Å². The average molecular weight is 299 g/mol. The lowest BCUT2D eigenvalue weighted by molar-refractivity contribution is 0.390. The minimum atomic E-state index is 0.656. The second-order valence-electron chi connectivity index (χ2n) is 4.90. The van der Waals surface area contributed by atoms with Crippen LogP contribution in [0.5, 0.6) is 0 Å². The predicted octanol–water partition coefficient (Wildman–Crippen LogP) is 3.66. The molecule has 0 aromatic heterocycles. The van der Waals surface area contributed by atoms with Crippen molar-refractivity contribution >= 4 is 21.6 Å². The van der Waals surface area contributed by atoms with E-state index in [0.717, 1.165) is 17.6 Å². The van der Waals surface area contributed by atoms with Crippen LogP contribution in [-0.2, 0) is 0 Å². The lowest BCUT2D eigenvalue weighted by Gasteiger charge is -2.22. The van der Waals surface area contributed by atoms with E-state index >= 15 is 0 Å². The van der Waals surface area contributed by atoms with Crippen molar-refractivity contribution in [2.75, 3.05) is 25.5 Å². The lowest BCUT2D eigenvalue weighted by atomic mass is 9.95. The van der Waals surface area contributed by atoms with Gasteiger partial charge in [-0.1, -0.05) is 29.8 Å². The summed E-state index contributed by atoms with van der Waals surface area (Å²) < 4.78 is 1.14. The van der Waals surface area contributed by atoms with Gasteiger partial charge in [0, 0.05) is 16.7 Å². The van der Waals surface area contributed by atoms with E-state index < -0.39 is 0 Å². The topological polar surface area (TPSA) is 24.1 Å². The van der Waals surface area contributed by atoms with Gasteiger partial charge in [-0.15, -0.1) is 0 Å². The molecule has 1 atom stereocenters. The van der Waals surface area contributed by atoms with Crippen molar-refractivity contribution in [2.24, 2.45) is 11.8 Å². The Morgan fingerprint density at radius 2 is 1.94 bits per heavy atom. The van der Waals surface area contributed by atoms with E-state index in [9.17, 15) is 0 Å². The van der Waals surface area contributed by atoms with Gasteiger partial charge in [-0.25, -0.2) is 0 Å². The molecule has 0 radical (unpaired) electrons. The zero-order chi connectivity index (χ0) is 12.8. The largest absolute Gasteiger partial charge is 0.384 e. The number of benzene rings is 1. The Labute approximate surface area is 113 Å². The van der Waals surface area contributed by atoms with E-state index in [1.54, 1.807) is 0 Å². The van der Waals surface area contributed by atoms with Gasteiger partial charge in [0.05, 0.1) is 0 Å². The second-order valence-corrected chi connectivity index (χ2v) is 5.82. The summed E-state index contributed by atoms with van der Waals surface area (Å²) in [5.41, 5.74) is 2.52. The predicted molar refractivity (Wildman–Crippen MR) is 79.6 cm³/mol. The number of halogens is 1. The van der Waals surface area contributed by atoms with Crippen LogP contribution in [0.1, 0.15) is 19.4 Å². The summed E-state index contributed by atoms with van der Waals surface area (Å²) in [5.74, 6) is 1.34. The molecule has 0 saturated carbocycles. The van der Waals surface area contributed by atoms with E-state index in [2.05, 4.69) is 65.5 Å². The van der Waals surface area contributed by atoms with Crippen LogP contribution in [0.3, 0.4) is 0 Å². The Bertz CT molecular complexity index is 350. The van der Waals surface area contributed by atoms with Crippen LogP contribution in [-0.4, -0.2) is 20.1 Å². The van der Waals surface area contributed by atoms with E-state index in [1.807, 2.05) is 7.05 Å². The normalized spacial score (nSPS) is 12.8. The molecule has 3 heteroatoms. The summed E-state index contributed by atoms with van der Waals surface area (Å²) in [4.78, 5) is 0. The lowest BCUT2D eigenvalue weighted by Crippen LogP contribution is -2.29. The maximum absolute atomic E-state index is 3.55. The van der Waals surface area contributed by atoms with Gasteiger partial charge in [0.15, 0.2) is 0 Å². The van der Waals surface area contributed by atoms with Crippen LogP contribution in [0.2, 0.25) is 0 Å². The molecule has 1 aromatic rings. The highest BCUT2D eigenvalue weighted by Gasteiger charge is 2.12. The quantitative estimate of drug-likeness (QED) is 0.837. The van der Waals surface area contributed by atoms with Gasteiger partial charge < -0.3 is 10.6 Å². The summed E-state index contributed by atoms with van der Waals surface area (Å²) in [6.45, 7) is 8.76. The second kappa shape index (κ2) is 7.02. The number of nitrogens with one attached hydrogen (secondary N) is 2. The van der Waals surface area contributed by atoms with Gasteiger partial charge >= 0.3 is 0 Å². The molecule has 0 aliphatic carbocycles. The average Bonchev–Trinajstić information content (AvgIpc) is 2.25. The van der Waals surface area contributed by atoms with Crippen molar-refractivity contribution < 1.29 is 0 Å². The molecule has 1 rings (SSSR count). The van der Waals surface area contributed by atoms with E-state index in [4.69, 9.17) is 0 Å². The van der Waals surface area contributed by atoms with E-state index in [1.165, 1.54) is 11.3 Å². The Balaban J connectivity index is 2.59. The molecule has 2 nitrogen and oxygen atoms in total. The smallest absolute Gasteiger partial charge is 0.0370 e. The summed E-state index contributed by atoms with van der Waals surface area (Å²) in [6.07, 6.45) is 0. The Morgan fingerprint density at radius 1 is 1.24 bits per heavy atom. The van der Waals surface area contributed by atoms with Gasteiger partial charge in [0.25, 0.3) is 0 Å². The number of hydrogen-bond acceptors (Lipinski definition) is 2. The van der Waals surface area contributed by atoms with Crippen molar-refractivity contribution in [3.63, 3.8) is 0 Å². The SMILES string of the molecule is CNCC(CNc1ccc(Br)cc1C)C(C)C. The standard InChI is InChI=1S/C14H23BrN2/c1-10(2)12(8-16-4)9-17-14-6-5-13(15)7-11(14)3/h5-7,10,12,16-17H,8-9H2,1-4H3. The molecule has 0 aliphatic heterocycles. The van der Waals surface area contributed by atoms with Crippen molar-refractivity contribution in [1.29, 1.82) is 0 Å². The highest BCUT2D eigenvalue weighted by Crippen LogP contribution is 2.21. The third kappa shape index (κ3) is 4.68. The van der Waals surface area contributed by atoms with E-state index in [-0.39, 0.29) is 0 Å². The summed E-state index contributed by atoms with van der Waals surface area (Å²) in [6, 6.07) is 6.36.